The lowest BCUT2D eigenvalue weighted by molar-refractivity contribution is -0.152. The summed E-state index contributed by atoms with van der Waals surface area (Å²) < 4.78 is 28.9. The fraction of sp³-hybridized carbons (Fsp3) is 0.235. The number of nitrogens with zero attached hydrogens (tertiary/aromatic N) is 1. The van der Waals surface area contributed by atoms with Crippen LogP contribution in [0.5, 0.6) is 0 Å². The fourth-order valence-corrected chi connectivity index (χ4v) is 2.24. The number of alkyl halides is 2. The van der Waals surface area contributed by atoms with Crippen molar-refractivity contribution in [2.75, 3.05) is 11.5 Å². The number of anilines is 1. The van der Waals surface area contributed by atoms with E-state index in [0.717, 1.165) is 5.56 Å². The molecular formula is C17H17F2NO3. The predicted molar refractivity (Wildman–Crippen MR) is 82.4 cm³/mol. The van der Waals surface area contributed by atoms with Gasteiger partial charge in [0.2, 0.25) is 0 Å². The lowest BCUT2D eigenvalue weighted by Crippen LogP contribution is -2.44. The van der Waals surface area contributed by atoms with Crippen molar-refractivity contribution < 1.29 is 23.4 Å². The van der Waals surface area contributed by atoms with E-state index >= 15 is 0 Å². The average molecular weight is 321 g/mol. The quantitative estimate of drug-likeness (QED) is 0.810. The Labute approximate surface area is 132 Å². The number of carbonyl (C=O) groups is 1. The molecule has 1 atom stereocenters. The van der Waals surface area contributed by atoms with Crippen molar-refractivity contribution in [3.63, 3.8) is 0 Å². The number of hydrogen-bond acceptors (Lipinski definition) is 3. The number of carboxylic acids is 1. The lowest BCUT2D eigenvalue weighted by atomic mass is 10.1. The molecule has 0 radical (unpaired) electrons. The smallest absolute Gasteiger partial charge is 0.345 e. The van der Waals surface area contributed by atoms with Gasteiger partial charge in [-0.1, -0.05) is 48.5 Å². The van der Waals surface area contributed by atoms with E-state index in [9.17, 15) is 18.7 Å². The van der Waals surface area contributed by atoms with Crippen LogP contribution in [0.2, 0.25) is 0 Å². The van der Waals surface area contributed by atoms with Crippen molar-refractivity contribution in [2.24, 2.45) is 0 Å². The number of hydrogen-bond donors (Lipinski definition) is 1. The molecule has 6 heteroatoms. The van der Waals surface area contributed by atoms with Gasteiger partial charge in [-0.15, -0.1) is 0 Å². The summed E-state index contributed by atoms with van der Waals surface area (Å²) in [5.41, 5.74) is 1.50. The second kappa shape index (κ2) is 8.24. The van der Waals surface area contributed by atoms with Crippen molar-refractivity contribution in [3.05, 3.63) is 66.2 Å². The first-order valence-electron chi connectivity index (χ1n) is 7.06. The maximum absolute atomic E-state index is 12.3. The third-order valence-electron chi connectivity index (χ3n) is 3.32. The summed E-state index contributed by atoms with van der Waals surface area (Å²) in [4.78, 5) is 13.1. The van der Waals surface area contributed by atoms with E-state index in [1.807, 2.05) is 30.3 Å². The van der Waals surface area contributed by atoms with Crippen molar-refractivity contribution in [2.45, 2.75) is 19.2 Å². The molecule has 2 aromatic rings. The molecule has 0 heterocycles. The Bertz CT molecular complexity index is 608. The van der Waals surface area contributed by atoms with E-state index < -0.39 is 25.2 Å². The largest absolute Gasteiger partial charge is 0.480 e. The number of rotatable bonds is 8. The van der Waals surface area contributed by atoms with Gasteiger partial charge in [-0.05, 0) is 17.7 Å². The van der Waals surface area contributed by atoms with Gasteiger partial charge in [-0.3, -0.25) is 0 Å². The third-order valence-corrected chi connectivity index (χ3v) is 3.32. The van der Waals surface area contributed by atoms with Gasteiger partial charge in [-0.2, -0.15) is 8.78 Å². The van der Waals surface area contributed by atoms with Gasteiger partial charge in [0.1, 0.15) is 0 Å². The molecule has 1 N–H and O–H groups in total. The summed E-state index contributed by atoms with van der Waals surface area (Å²) in [5.74, 6) is -1.22. The van der Waals surface area contributed by atoms with Crippen molar-refractivity contribution in [3.8, 4) is 0 Å². The van der Waals surface area contributed by atoms with Crippen LogP contribution in [-0.2, 0) is 16.1 Å². The monoisotopic (exact) mass is 321 g/mol. The van der Waals surface area contributed by atoms with Crippen LogP contribution >= 0.6 is 0 Å². The highest BCUT2D eigenvalue weighted by Crippen LogP contribution is 2.21. The first kappa shape index (κ1) is 16.9. The van der Waals surface area contributed by atoms with Crippen molar-refractivity contribution in [1.82, 2.24) is 0 Å². The Balaban J connectivity index is 2.28. The number of benzene rings is 2. The zero-order valence-electron chi connectivity index (χ0n) is 12.3. The van der Waals surface area contributed by atoms with Gasteiger partial charge in [0.15, 0.2) is 6.04 Å². The van der Waals surface area contributed by atoms with Crippen LogP contribution in [0, 0.1) is 0 Å². The van der Waals surface area contributed by atoms with E-state index in [1.165, 1.54) is 0 Å². The molecule has 0 fully saturated rings. The van der Waals surface area contributed by atoms with Crippen LogP contribution in [0.3, 0.4) is 0 Å². The zero-order valence-corrected chi connectivity index (χ0v) is 12.3. The van der Waals surface area contributed by atoms with E-state index in [1.54, 1.807) is 35.2 Å². The summed E-state index contributed by atoms with van der Waals surface area (Å²) in [6.07, 6.45) is 0. The second-order valence-electron chi connectivity index (χ2n) is 4.90. The topological polar surface area (TPSA) is 49.8 Å². The Hall–Kier alpha value is -2.47. The van der Waals surface area contributed by atoms with Gasteiger partial charge in [0.05, 0.1) is 6.61 Å². The SMILES string of the molecule is O=C(O)C(COC(F)F)N(Cc1ccccc1)c1ccccc1. The molecule has 0 aliphatic carbocycles. The van der Waals surface area contributed by atoms with Crippen molar-refractivity contribution >= 4 is 11.7 Å². The molecule has 0 aliphatic heterocycles. The Morgan fingerprint density at radius 2 is 1.61 bits per heavy atom. The Morgan fingerprint density at radius 3 is 2.13 bits per heavy atom. The van der Waals surface area contributed by atoms with E-state index in [0.29, 0.717) is 5.69 Å². The fourth-order valence-electron chi connectivity index (χ4n) is 2.24. The molecule has 1 unspecified atom stereocenters. The maximum Gasteiger partial charge on any atom is 0.345 e. The predicted octanol–water partition coefficient (Wildman–Crippen LogP) is 3.39. The molecule has 0 amide bonds. The van der Waals surface area contributed by atoms with Gasteiger partial charge in [-0.25, -0.2) is 4.79 Å². The molecule has 122 valence electrons. The minimum absolute atomic E-state index is 0.272. The minimum atomic E-state index is -3.01. The minimum Gasteiger partial charge on any atom is -0.480 e. The van der Waals surface area contributed by atoms with Crippen LogP contribution in [-0.4, -0.2) is 30.3 Å². The Kier molecular flexibility index (Phi) is 6.05. The molecule has 0 spiro atoms. The Morgan fingerprint density at radius 1 is 1.04 bits per heavy atom. The summed E-state index contributed by atoms with van der Waals surface area (Å²) in [5, 5.41) is 9.43. The molecule has 0 aromatic heterocycles. The highest BCUT2D eigenvalue weighted by Gasteiger charge is 2.27. The van der Waals surface area contributed by atoms with Gasteiger partial charge < -0.3 is 14.7 Å². The molecular weight excluding hydrogens is 304 g/mol. The van der Waals surface area contributed by atoms with E-state index in [2.05, 4.69) is 4.74 Å². The molecule has 0 bridgehead atoms. The summed E-state index contributed by atoms with van der Waals surface area (Å²) in [6, 6.07) is 16.8. The molecule has 4 nitrogen and oxygen atoms in total. The van der Waals surface area contributed by atoms with Crippen LogP contribution in [0.4, 0.5) is 14.5 Å². The summed E-state index contributed by atoms with van der Waals surface area (Å²) in [7, 11) is 0. The first-order valence-corrected chi connectivity index (χ1v) is 7.06. The molecule has 2 rings (SSSR count). The van der Waals surface area contributed by atoms with E-state index in [4.69, 9.17) is 0 Å². The molecule has 0 saturated carbocycles. The summed E-state index contributed by atoms with van der Waals surface area (Å²) in [6.45, 7) is -3.34. The number of halogens is 2. The third kappa shape index (κ3) is 5.03. The van der Waals surface area contributed by atoms with Crippen LogP contribution in [0.1, 0.15) is 5.56 Å². The number of carboxylic acid groups (broad SMARTS) is 1. The average Bonchev–Trinajstić information content (AvgIpc) is 2.55. The highest BCUT2D eigenvalue weighted by atomic mass is 19.3. The molecule has 23 heavy (non-hydrogen) atoms. The lowest BCUT2D eigenvalue weighted by Gasteiger charge is -2.31. The first-order chi connectivity index (χ1) is 11.1. The van der Waals surface area contributed by atoms with Crippen LogP contribution in [0.15, 0.2) is 60.7 Å². The van der Waals surface area contributed by atoms with Crippen LogP contribution < -0.4 is 4.90 Å². The van der Waals surface area contributed by atoms with Gasteiger partial charge in [0, 0.05) is 12.2 Å². The highest BCUT2D eigenvalue weighted by molar-refractivity contribution is 5.78. The zero-order chi connectivity index (χ0) is 16.7. The standard InChI is InChI=1S/C17H17F2NO3/c18-17(19)23-12-15(16(21)22)20(14-9-5-2-6-10-14)11-13-7-3-1-4-8-13/h1-10,15,17H,11-12H2,(H,21,22). The molecule has 0 aliphatic rings. The number of aliphatic carboxylic acids is 1. The van der Waals surface area contributed by atoms with Crippen molar-refractivity contribution in [1.29, 1.82) is 0 Å². The summed E-state index contributed by atoms with van der Waals surface area (Å²) >= 11 is 0. The number of para-hydroxylation sites is 1. The van der Waals surface area contributed by atoms with Crippen LogP contribution in [0.25, 0.3) is 0 Å². The second-order valence-corrected chi connectivity index (χ2v) is 4.90. The maximum atomic E-state index is 12.3. The molecule has 2 aromatic carbocycles. The van der Waals surface area contributed by atoms with E-state index in [-0.39, 0.29) is 6.54 Å². The molecule has 0 saturated heterocycles. The van der Waals surface area contributed by atoms with Gasteiger partial charge in [0.25, 0.3) is 0 Å². The number of ether oxygens (including phenoxy) is 1. The van der Waals surface area contributed by atoms with Gasteiger partial charge >= 0.3 is 12.6 Å². The normalized spacial score (nSPS) is 12.1.